The van der Waals surface area contributed by atoms with Crippen LogP contribution in [0, 0.1) is 6.92 Å². The Kier molecular flexibility index (Phi) is 3.63. The van der Waals surface area contributed by atoms with Crippen molar-refractivity contribution in [3.8, 4) is 11.5 Å². The van der Waals surface area contributed by atoms with Gasteiger partial charge in [0.2, 0.25) is 12.4 Å². The summed E-state index contributed by atoms with van der Waals surface area (Å²) in [6, 6.07) is 8.29. The van der Waals surface area contributed by atoms with E-state index in [1.807, 2.05) is 13.0 Å². The second-order valence-electron chi connectivity index (χ2n) is 6.72. The van der Waals surface area contributed by atoms with Crippen LogP contribution in [0.4, 0.5) is 5.69 Å². The fourth-order valence-electron chi connectivity index (χ4n) is 3.61. The Balaban J connectivity index is 1.28. The number of hydrogen-bond donors (Lipinski definition) is 0. The largest absolute Gasteiger partial charge is 0.454 e. The minimum Gasteiger partial charge on any atom is -0.454 e. The summed E-state index contributed by atoms with van der Waals surface area (Å²) in [5.74, 6) is 1.69. The van der Waals surface area contributed by atoms with Crippen LogP contribution in [-0.4, -0.2) is 57.7 Å². The van der Waals surface area contributed by atoms with Crippen LogP contribution in [0.2, 0.25) is 0 Å². The third-order valence-electron chi connectivity index (χ3n) is 4.93. The zero-order valence-corrected chi connectivity index (χ0v) is 14.6. The molecule has 2 aliphatic rings. The lowest BCUT2D eigenvalue weighted by Crippen LogP contribution is -2.46. The average molecular weight is 352 g/mol. The van der Waals surface area contributed by atoms with Gasteiger partial charge < -0.3 is 14.4 Å². The fourth-order valence-corrected chi connectivity index (χ4v) is 3.61. The van der Waals surface area contributed by atoms with Gasteiger partial charge in [-0.25, -0.2) is 0 Å². The van der Waals surface area contributed by atoms with E-state index in [4.69, 9.17) is 9.47 Å². The maximum absolute atomic E-state index is 5.48. The molecule has 0 unspecified atom stereocenters. The molecule has 0 bridgehead atoms. The first-order valence-corrected chi connectivity index (χ1v) is 8.80. The highest BCUT2D eigenvalue weighted by atomic mass is 16.7. The number of aryl methyl sites for hydroxylation is 1. The zero-order valence-electron chi connectivity index (χ0n) is 14.6. The summed E-state index contributed by atoms with van der Waals surface area (Å²) < 4.78 is 12.6. The van der Waals surface area contributed by atoms with Crippen molar-refractivity contribution in [2.24, 2.45) is 0 Å². The molecule has 3 aromatic rings. The molecule has 8 nitrogen and oxygen atoms in total. The van der Waals surface area contributed by atoms with E-state index in [0.717, 1.165) is 61.3 Å². The van der Waals surface area contributed by atoms with E-state index < -0.39 is 0 Å². The van der Waals surface area contributed by atoms with Gasteiger partial charge in [0.15, 0.2) is 11.5 Å². The molecule has 1 saturated heterocycles. The van der Waals surface area contributed by atoms with E-state index >= 15 is 0 Å². The second kappa shape index (κ2) is 6.14. The molecule has 5 rings (SSSR count). The third-order valence-corrected chi connectivity index (χ3v) is 4.93. The average Bonchev–Trinajstić information content (AvgIpc) is 3.30. The quantitative estimate of drug-likeness (QED) is 0.707. The first kappa shape index (κ1) is 15.4. The molecule has 0 aliphatic carbocycles. The maximum Gasteiger partial charge on any atom is 0.231 e. The minimum atomic E-state index is 0.319. The molecule has 1 fully saturated rings. The van der Waals surface area contributed by atoms with Crippen molar-refractivity contribution in [3.05, 3.63) is 41.9 Å². The van der Waals surface area contributed by atoms with Crippen LogP contribution in [0.15, 0.2) is 30.6 Å². The Hall–Kier alpha value is -2.87. The van der Waals surface area contributed by atoms with Crippen molar-refractivity contribution in [1.82, 2.24) is 24.7 Å². The van der Waals surface area contributed by atoms with Gasteiger partial charge in [-0.2, -0.15) is 9.61 Å². The first-order chi connectivity index (χ1) is 12.8. The van der Waals surface area contributed by atoms with Crippen LogP contribution in [0.5, 0.6) is 11.5 Å². The lowest BCUT2D eigenvalue weighted by molar-refractivity contribution is 0.174. The van der Waals surface area contributed by atoms with Gasteiger partial charge in [-0.15, -0.1) is 10.2 Å². The van der Waals surface area contributed by atoms with Gasteiger partial charge in [0.05, 0.1) is 11.4 Å². The Morgan fingerprint density at radius 2 is 1.88 bits per heavy atom. The van der Waals surface area contributed by atoms with Gasteiger partial charge in [0.1, 0.15) is 6.33 Å². The van der Waals surface area contributed by atoms with Gasteiger partial charge in [-0.1, -0.05) is 6.07 Å². The van der Waals surface area contributed by atoms with E-state index in [-0.39, 0.29) is 0 Å². The van der Waals surface area contributed by atoms with E-state index in [9.17, 15) is 0 Å². The number of nitrogens with zero attached hydrogens (tertiary/aromatic N) is 6. The van der Waals surface area contributed by atoms with Crippen LogP contribution in [0.3, 0.4) is 0 Å². The summed E-state index contributed by atoms with van der Waals surface area (Å²) in [5, 5.41) is 12.6. The van der Waals surface area contributed by atoms with Crippen molar-refractivity contribution in [3.63, 3.8) is 0 Å². The SMILES string of the molecule is Cc1cc(N2CCN(Cc3ccc4c(c3)OCO4)CC2)c2nncn2n1. The van der Waals surface area contributed by atoms with Crippen molar-refractivity contribution in [2.75, 3.05) is 37.9 Å². The highest BCUT2D eigenvalue weighted by Gasteiger charge is 2.21. The summed E-state index contributed by atoms with van der Waals surface area (Å²) in [6.45, 7) is 7.14. The number of fused-ring (bicyclic) bond motifs is 2. The molecule has 0 spiro atoms. The van der Waals surface area contributed by atoms with Gasteiger partial charge in [0, 0.05) is 32.7 Å². The zero-order chi connectivity index (χ0) is 17.5. The van der Waals surface area contributed by atoms with Crippen molar-refractivity contribution in [1.29, 1.82) is 0 Å². The number of piperazine rings is 1. The summed E-state index contributed by atoms with van der Waals surface area (Å²) in [7, 11) is 0. The normalized spacial score (nSPS) is 17.2. The van der Waals surface area contributed by atoms with Crippen molar-refractivity contribution < 1.29 is 9.47 Å². The molecule has 0 N–H and O–H groups in total. The number of ether oxygens (including phenoxy) is 2. The standard InChI is InChI=1S/C18H20N6O2/c1-13-8-15(18-20-19-11-24(18)21-13)23-6-4-22(5-7-23)10-14-2-3-16-17(9-14)26-12-25-16/h2-3,8-9,11H,4-7,10,12H2,1H3. The molecular formula is C18H20N6O2. The van der Waals surface area contributed by atoms with Crippen molar-refractivity contribution in [2.45, 2.75) is 13.5 Å². The van der Waals surface area contributed by atoms with E-state index in [1.165, 1.54) is 5.56 Å². The maximum atomic E-state index is 5.48. The smallest absolute Gasteiger partial charge is 0.231 e. The molecule has 8 heteroatoms. The topological polar surface area (TPSA) is 68.0 Å². The Labute approximate surface area is 150 Å². The Bertz CT molecular complexity index is 948. The summed E-state index contributed by atoms with van der Waals surface area (Å²) in [4.78, 5) is 4.83. The molecular weight excluding hydrogens is 332 g/mol. The van der Waals surface area contributed by atoms with E-state index in [0.29, 0.717) is 6.79 Å². The lowest BCUT2D eigenvalue weighted by Gasteiger charge is -2.36. The van der Waals surface area contributed by atoms with E-state index in [1.54, 1.807) is 10.8 Å². The molecule has 1 aromatic carbocycles. The third kappa shape index (κ3) is 2.72. The first-order valence-electron chi connectivity index (χ1n) is 8.80. The summed E-state index contributed by atoms with van der Waals surface area (Å²) in [6.07, 6.45) is 1.65. The van der Waals surface area contributed by atoms with Gasteiger partial charge in [-0.3, -0.25) is 4.90 Å². The van der Waals surface area contributed by atoms with Crippen LogP contribution in [-0.2, 0) is 6.54 Å². The highest BCUT2D eigenvalue weighted by molar-refractivity contribution is 5.68. The number of benzene rings is 1. The molecule has 2 aliphatic heterocycles. The second-order valence-corrected chi connectivity index (χ2v) is 6.72. The van der Waals surface area contributed by atoms with Crippen LogP contribution < -0.4 is 14.4 Å². The molecule has 26 heavy (non-hydrogen) atoms. The van der Waals surface area contributed by atoms with E-state index in [2.05, 4.69) is 43.3 Å². The molecule has 0 saturated carbocycles. The predicted octanol–water partition coefficient (Wildman–Crippen LogP) is 1.48. The molecule has 4 heterocycles. The van der Waals surface area contributed by atoms with Gasteiger partial charge in [-0.05, 0) is 30.7 Å². The molecule has 2 aromatic heterocycles. The Morgan fingerprint density at radius 3 is 2.77 bits per heavy atom. The molecule has 0 atom stereocenters. The molecule has 134 valence electrons. The van der Waals surface area contributed by atoms with Gasteiger partial charge in [0.25, 0.3) is 0 Å². The monoisotopic (exact) mass is 352 g/mol. The number of aromatic nitrogens is 4. The lowest BCUT2D eigenvalue weighted by atomic mass is 10.1. The summed E-state index contributed by atoms with van der Waals surface area (Å²) in [5.41, 5.74) is 4.15. The molecule has 0 radical (unpaired) electrons. The van der Waals surface area contributed by atoms with Crippen molar-refractivity contribution >= 4 is 11.3 Å². The number of rotatable bonds is 3. The predicted molar refractivity (Wildman–Crippen MR) is 95.6 cm³/mol. The highest BCUT2D eigenvalue weighted by Crippen LogP contribution is 2.33. The summed E-state index contributed by atoms with van der Waals surface area (Å²) >= 11 is 0. The number of hydrogen-bond acceptors (Lipinski definition) is 7. The van der Waals surface area contributed by atoms with Gasteiger partial charge >= 0.3 is 0 Å². The van der Waals surface area contributed by atoms with Crippen LogP contribution >= 0.6 is 0 Å². The van der Waals surface area contributed by atoms with Crippen LogP contribution in [0.1, 0.15) is 11.3 Å². The fraction of sp³-hybridized carbons (Fsp3) is 0.389. The minimum absolute atomic E-state index is 0.319. The molecule has 0 amide bonds. The van der Waals surface area contributed by atoms with Crippen LogP contribution in [0.25, 0.3) is 5.65 Å². The Morgan fingerprint density at radius 1 is 1.04 bits per heavy atom. The number of anilines is 1.